The molecule has 2 aliphatic heterocycles. The van der Waals surface area contributed by atoms with Crippen LogP contribution in [0.5, 0.6) is 0 Å². The van der Waals surface area contributed by atoms with E-state index in [9.17, 15) is 0 Å². The molecule has 2 aromatic rings. The van der Waals surface area contributed by atoms with Crippen molar-refractivity contribution in [3.8, 4) is 0 Å². The zero-order chi connectivity index (χ0) is 10.5. The third kappa shape index (κ3) is 1.40. The van der Waals surface area contributed by atoms with Crippen LogP contribution in [0.15, 0.2) is 61.9 Å². The van der Waals surface area contributed by atoms with E-state index >= 15 is 0 Å². The molecule has 0 fully saturated rings. The Morgan fingerprint density at radius 3 is 1.19 bits per heavy atom. The molecule has 4 rings (SSSR count). The molecule has 2 aliphatic rings. The fraction of sp³-hybridized carbons (Fsp3) is 0. The first kappa shape index (κ1) is 9.70. The number of furan rings is 2. The van der Waals surface area contributed by atoms with E-state index in [0.29, 0.717) is 0 Å². The van der Waals surface area contributed by atoms with Crippen LogP contribution >= 0.6 is 47.0 Å². The van der Waals surface area contributed by atoms with Crippen LogP contribution in [-0.4, -0.2) is 0 Å². The molecule has 0 bridgehead atoms. The molecule has 0 N–H and O–H groups in total. The molecule has 2 aromatic heterocycles. The Hall–Kier alpha value is -0.300. The van der Waals surface area contributed by atoms with Crippen molar-refractivity contribution >= 4 is 47.0 Å². The Morgan fingerprint density at radius 2 is 0.875 bits per heavy atom. The summed E-state index contributed by atoms with van der Waals surface area (Å²) >= 11 is 7.16. The summed E-state index contributed by atoms with van der Waals surface area (Å²) < 4.78 is 13.0. The predicted octanol–water partition coefficient (Wildman–Crippen LogP) is 5.10. The van der Waals surface area contributed by atoms with E-state index in [1.54, 1.807) is 47.0 Å². The number of hydrogen-bond donors (Lipinski definition) is 0. The molecule has 2 nitrogen and oxygen atoms in total. The highest BCUT2D eigenvalue weighted by atomic mass is 32.2. The third-order valence-electron chi connectivity index (χ3n) is 2.16. The SMILES string of the molecule is c1occ2c1SC(=C1Sc3cocc3S1)S2. The highest BCUT2D eigenvalue weighted by Crippen LogP contribution is 2.61. The van der Waals surface area contributed by atoms with Gasteiger partial charge in [0.05, 0.1) is 28.1 Å². The zero-order valence-electron chi connectivity index (χ0n) is 7.76. The Balaban J connectivity index is 1.69. The first-order valence-corrected chi connectivity index (χ1v) is 7.75. The Labute approximate surface area is 109 Å². The minimum atomic E-state index is 1.23. The van der Waals surface area contributed by atoms with Crippen molar-refractivity contribution in [3.63, 3.8) is 0 Å². The molecular formula is C10H4O2S4. The lowest BCUT2D eigenvalue weighted by molar-refractivity contribution is 0.558. The second-order valence-electron chi connectivity index (χ2n) is 3.18. The number of fused-ring (bicyclic) bond motifs is 2. The standard InChI is InChI=1S/C10H4O2S4/c1-5-6(2-11-1)14-9(13-5)10-15-7-3-12-4-8(7)16-10/h1-4H. The van der Waals surface area contributed by atoms with Crippen molar-refractivity contribution in [2.24, 2.45) is 0 Å². The predicted molar refractivity (Wildman–Crippen MR) is 67.9 cm³/mol. The molecule has 0 aromatic carbocycles. The summed E-state index contributed by atoms with van der Waals surface area (Å²) in [6, 6.07) is 0. The van der Waals surface area contributed by atoms with Gasteiger partial charge in [-0.15, -0.1) is 0 Å². The van der Waals surface area contributed by atoms with Crippen LogP contribution in [0.25, 0.3) is 0 Å². The molecule has 4 heterocycles. The molecule has 0 spiro atoms. The van der Waals surface area contributed by atoms with E-state index in [4.69, 9.17) is 8.83 Å². The van der Waals surface area contributed by atoms with E-state index in [1.807, 2.05) is 25.1 Å². The van der Waals surface area contributed by atoms with Gasteiger partial charge < -0.3 is 8.83 Å². The van der Waals surface area contributed by atoms with Crippen molar-refractivity contribution in [1.29, 1.82) is 0 Å². The van der Waals surface area contributed by atoms with Gasteiger partial charge in [0.2, 0.25) is 0 Å². The lowest BCUT2D eigenvalue weighted by Gasteiger charge is -1.99. The van der Waals surface area contributed by atoms with E-state index in [0.717, 1.165) is 0 Å². The van der Waals surface area contributed by atoms with Gasteiger partial charge in [-0.05, 0) is 0 Å². The van der Waals surface area contributed by atoms with Crippen LogP contribution < -0.4 is 0 Å². The average Bonchev–Trinajstić information content (AvgIpc) is 2.94. The van der Waals surface area contributed by atoms with Crippen LogP contribution in [0.1, 0.15) is 0 Å². The topological polar surface area (TPSA) is 26.3 Å². The molecule has 0 saturated carbocycles. The second kappa shape index (κ2) is 3.60. The van der Waals surface area contributed by atoms with Crippen LogP contribution in [0.3, 0.4) is 0 Å². The van der Waals surface area contributed by atoms with Gasteiger partial charge in [0.25, 0.3) is 0 Å². The minimum absolute atomic E-state index is 1.23. The largest absolute Gasteiger partial charge is 0.470 e. The van der Waals surface area contributed by atoms with Gasteiger partial charge in [0.1, 0.15) is 25.1 Å². The van der Waals surface area contributed by atoms with E-state index in [-0.39, 0.29) is 0 Å². The smallest absolute Gasteiger partial charge is 0.105 e. The minimum Gasteiger partial charge on any atom is -0.470 e. The van der Waals surface area contributed by atoms with Gasteiger partial charge in [-0.25, -0.2) is 0 Å². The van der Waals surface area contributed by atoms with Crippen molar-refractivity contribution in [2.45, 2.75) is 19.6 Å². The maximum Gasteiger partial charge on any atom is 0.105 e. The molecule has 0 radical (unpaired) electrons. The zero-order valence-corrected chi connectivity index (χ0v) is 11.0. The monoisotopic (exact) mass is 284 g/mol. The third-order valence-corrected chi connectivity index (χ3v) is 7.64. The number of thioether (sulfide) groups is 4. The van der Waals surface area contributed by atoms with E-state index in [2.05, 4.69) is 0 Å². The van der Waals surface area contributed by atoms with Crippen LogP contribution in [0, 0.1) is 0 Å². The van der Waals surface area contributed by atoms with Gasteiger partial charge in [-0.2, -0.15) is 0 Å². The molecule has 6 heteroatoms. The van der Waals surface area contributed by atoms with Crippen LogP contribution in [0.4, 0.5) is 0 Å². The molecule has 0 aliphatic carbocycles. The molecule has 80 valence electrons. The summed E-state index contributed by atoms with van der Waals surface area (Å²) in [7, 11) is 0. The first-order chi connectivity index (χ1) is 7.90. The summed E-state index contributed by atoms with van der Waals surface area (Å²) in [5.41, 5.74) is 0. The first-order valence-electron chi connectivity index (χ1n) is 4.48. The Kier molecular flexibility index (Phi) is 2.18. The van der Waals surface area contributed by atoms with Crippen LogP contribution in [-0.2, 0) is 0 Å². The van der Waals surface area contributed by atoms with E-state index < -0.39 is 0 Å². The highest BCUT2D eigenvalue weighted by molar-refractivity contribution is 8.30. The van der Waals surface area contributed by atoms with Crippen molar-refractivity contribution in [2.75, 3.05) is 0 Å². The van der Waals surface area contributed by atoms with Gasteiger partial charge in [0, 0.05) is 0 Å². The van der Waals surface area contributed by atoms with Gasteiger partial charge in [0.15, 0.2) is 0 Å². The summed E-state index contributed by atoms with van der Waals surface area (Å²) in [5, 5.41) is 0. The molecule has 0 unspecified atom stereocenters. The summed E-state index contributed by atoms with van der Waals surface area (Å²) in [6.07, 6.45) is 7.25. The maximum absolute atomic E-state index is 5.15. The van der Waals surface area contributed by atoms with Crippen LogP contribution in [0.2, 0.25) is 0 Å². The average molecular weight is 284 g/mol. The summed E-state index contributed by atoms with van der Waals surface area (Å²) in [5.74, 6) is 0. The fourth-order valence-electron chi connectivity index (χ4n) is 1.45. The molecular weight excluding hydrogens is 280 g/mol. The second-order valence-corrected chi connectivity index (χ2v) is 7.91. The lowest BCUT2D eigenvalue weighted by atomic mass is 10.7. The Bertz CT molecular complexity index is 498. The van der Waals surface area contributed by atoms with Crippen molar-refractivity contribution in [1.82, 2.24) is 0 Å². The summed E-state index contributed by atoms with van der Waals surface area (Å²) in [6.45, 7) is 0. The summed E-state index contributed by atoms with van der Waals surface area (Å²) in [4.78, 5) is 4.91. The molecule has 16 heavy (non-hydrogen) atoms. The molecule has 0 saturated heterocycles. The number of rotatable bonds is 0. The Morgan fingerprint density at radius 1 is 0.562 bits per heavy atom. The van der Waals surface area contributed by atoms with Crippen molar-refractivity contribution < 1.29 is 8.83 Å². The van der Waals surface area contributed by atoms with Crippen molar-refractivity contribution in [3.05, 3.63) is 33.5 Å². The fourth-order valence-corrected chi connectivity index (χ4v) is 6.51. The van der Waals surface area contributed by atoms with Gasteiger partial charge in [-0.1, -0.05) is 47.0 Å². The van der Waals surface area contributed by atoms with E-state index in [1.165, 1.54) is 28.1 Å². The quantitative estimate of drug-likeness (QED) is 0.668. The van der Waals surface area contributed by atoms with Gasteiger partial charge >= 0.3 is 0 Å². The maximum atomic E-state index is 5.15. The molecule has 0 atom stereocenters. The highest BCUT2D eigenvalue weighted by Gasteiger charge is 2.28. The van der Waals surface area contributed by atoms with Gasteiger partial charge in [-0.3, -0.25) is 0 Å². The normalized spacial score (nSPS) is 18.0. The lowest BCUT2D eigenvalue weighted by Crippen LogP contribution is -1.65. The number of hydrogen-bond acceptors (Lipinski definition) is 6. The molecule has 0 amide bonds.